The second-order valence-corrected chi connectivity index (χ2v) is 10.6. The van der Waals surface area contributed by atoms with Crippen molar-refractivity contribution in [3.8, 4) is 34.6 Å². The number of anilines is 1. The Morgan fingerprint density at radius 1 is 0.805 bits per heavy atom. The Morgan fingerprint density at radius 3 is 2.02 bits per heavy atom. The molecule has 1 aromatic heterocycles. The van der Waals surface area contributed by atoms with Gasteiger partial charge in [-0.25, -0.2) is 17.5 Å². The molecule has 41 heavy (non-hydrogen) atoms. The Bertz CT molecular complexity index is 1710. The molecular weight excluding hydrogens is 547 g/mol. The van der Waals surface area contributed by atoms with Gasteiger partial charge in [0.15, 0.2) is 5.82 Å². The van der Waals surface area contributed by atoms with E-state index in [9.17, 15) is 12.8 Å². The highest BCUT2D eigenvalue weighted by atomic mass is 32.2. The summed E-state index contributed by atoms with van der Waals surface area (Å²) in [6.07, 6.45) is 0.652. The van der Waals surface area contributed by atoms with E-state index >= 15 is 0 Å². The number of methoxy groups -OCH3 is 2. The average molecular weight is 575 g/mol. The summed E-state index contributed by atoms with van der Waals surface area (Å²) < 4.78 is 59.2. The standard InChI is InChI=1S/C30H27FN4O5S/c1-38-26-13-3-21(4-14-26)19-20-40-30-32-29(22-5-15-27(39-2)16-6-22)35(33-30)25-11-9-24(10-12-25)34-41(36,37)28-17-7-23(31)8-18-28/h3-18,34H,19-20H2,1-2H3. The van der Waals surface area contributed by atoms with Crippen molar-refractivity contribution in [3.63, 3.8) is 0 Å². The van der Waals surface area contributed by atoms with Gasteiger partial charge >= 0.3 is 6.01 Å². The van der Waals surface area contributed by atoms with E-state index in [0.717, 1.165) is 29.0 Å². The molecule has 0 aliphatic carbocycles. The monoisotopic (exact) mass is 574 g/mol. The molecule has 11 heteroatoms. The highest BCUT2D eigenvalue weighted by molar-refractivity contribution is 7.92. The van der Waals surface area contributed by atoms with Gasteiger partial charge < -0.3 is 14.2 Å². The molecule has 0 amide bonds. The van der Waals surface area contributed by atoms with Gasteiger partial charge in [-0.05, 0) is 90.5 Å². The molecule has 0 fully saturated rings. The lowest BCUT2D eigenvalue weighted by Gasteiger charge is -2.10. The van der Waals surface area contributed by atoms with Gasteiger partial charge in [0, 0.05) is 17.7 Å². The molecule has 0 unspecified atom stereocenters. The fourth-order valence-electron chi connectivity index (χ4n) is 4.01. The molecular formula is C30H27FN4O5S. The lowest BCUT2D eigenvalue weighted by atomic mass is 10.1. The van der Waals surface area contributed by atoms with Gasteiger partial charge in [-0.1, -0.05) is 12.1 Å². The molecule has 5 aromatic rings. The molecule has 0 aliphatic rings. The fraction of sp³-hybridized carbons (Fsp3) is 0.133. The van der Waals surface area contributed by atoms with Crippen LogP contribution in [-0.4, -0.2) is 44.0 Å². The van der Waals surface area contributed by atoms with Gasteiger partial charge in [-0.2, -0.15) is 4.98 Å². The van der Waals surface area contributed by atoms with Crippen LogP contribution < -0.4 is 18.9 Å². The average Bonchev–Trinajstić information content (AvgIpc) is 3.42. The minimum Gasteiger partial charge on any atom is -0.497 e. The van der Waals surface area contributed by atoms with E-state index in [4.69, 9.17) is 14.2 Å². The van der Waals surface area contributed by atoms with Crippen LogP contribution in [0.5, 0.6) is 17.5 Å². The third-order valence-electron chi connectivity index (χ3n) is 6.20. The van der Waals surface area contributed by atoms with Gasteiger partial charge in [0.1, 0.15) is 17.3 Å². The molecule has 0 saturated carbocycles. The summed E-state index contributed by atoms with van der Waals surface area (Å²) in [7, 11) is -0.668. The van der Waals surface area contributed by atoms with Gasteiger partial charge in [0.2, 0.25) is 0 Å². The van der Waals surface area contributed by atoms with E-state index in [1.165, 1.54) is 12.1 Å². The van der Waals surface area contributed by atoms with Crippen molar-refractivity contribution in [3.05, 3.63) is 108 Å². The third-order valence-corrected chi connectivity index (χ3v) is 7.60. The normalized spacial score (nSPS) is 11.2. The Morgan fingerprint density at radius 2 is 1.41 bits per heavy atom. The van der Waals surface area contributed by atoms with Crippen molar-refractivity contribution in [2.75, 3.05) is 25.5 Å². The number of ether oxygens (including phenoxy) is 3. The fourth-order valence-corrected chi connectivity index (χ4v) is 5.07. The molecule has 0 bridgehead atoms. The van der Waals surface area contributed by atoms with Crippen LogP contribution in [0, 0.1) is 5.82 Å². The van der Waals surface area contributed by atoms with Crippen molar-refractivity contribution < 1.29 is 27.0 Å². The summed E-state index contributed by atoms with van der Waals surface area (Å²) >= 11 is 0. The maximum Gasteiger partial charge on any atom is 0.336 e. The number of rotatable bonds is 11. The SMILES string of the molecule is COc1ccc(CCOc2nc(-c3ccc(OC)cc3)n(-c3ccc(NS(=O)(=O)c4ccc(F)cc4)cc3)n2)cc1. The Hall–Kier alpha value is -4.90. The molecule has 1 heterocycles. The number of nitrogens with one attached hydrogen (secondary N) is 1. The molecule has 0 aliphatic heterocycles. The zero-order chi connectivity index (χ0) is 28.8. The topological polar surface area (TPSA) is 105 Å². The number of hydrogen-bond acceptors (Lipinski definition) is 7. The number of aromatic nitrogens is 3. The van der Waals surface area contributed by atoms with Crippen LogP contribution in [0.2, 0.25) is 0 Å². The van der Waals surface area contributed by atoms with E-state index in [1.807, 2.05) is 48.5 Å². The van der Waals surface area contributed by atoms with Crippen molar-refractivity contribution in [2.45, 2.75) is 11.3 Å². The molecule has 1 N–H and O–H groups in total. The first-order valence-corrected chi connectivity index (χ1v) is 14.1. The largest absolute Gasteiger partial charge is 0.497 e. The second kappa shape index (κ2) is 12.1. The minimum atomic E-state index is -3.89. The van der Waals surface area contributed by atoms with Crippen molar-refractivity contribution in [1.82, 2.24) is 14.8 Å². The van der Waals surface area contributed by atoms with E-state index in [-0.39, 0.29) is 10.9 Å². The van der Waals surface area contributed by atoms with Crippen LogP contribution in [0.1, 0.15) is 5.56 Å². The molecule has 0 radical (unpaired) electrons. The van der Waals surface area contributed by atoms with Gasteiger partial charge in [-0.15, -0.1) is 5.10 Å². The van der Waals surface area contributed by atoms with Gasteiger partial charge in [-0.3, -0.25) is 4.72 Å². The maximum atomic E-state index is 13.2. The van der Waals surface area contributed by atoms with Crippen molar-refractivity contribution in [1.29, 1.82) is 0 Å². The van der Waals surface area contributed by atoms with E-state index in [1.54, 1.807) is 43.2 Å². The second-order valence-electron chi connectivity index (χ2n) is 8.91. The Balaban J connectivity index is 1.37. The first kappa shape index (κ1) is 27.7. The number of hydrogen-bond donors (Lipinski definition) is 1. The van der Waals surface area contributed by atoms with E-state index in [2.05, 4.69) is 14.8 Å². The predicted octanol–water partition coefficient (Wildman–Crippen LogP) is 5.51. The first-order valence-electron chi connectivity index (χ1n) is 12.6. The molecule has 9 nitrogen and oxygen atoms in total. The highest BCUT2D eigenvalue weighted by Crippen LogP contribution is 2.27. The smallest absolute Gasteiger partial charge is 0.336 e. The van der Waals surface area contributed by atoms with Crippen LogP contribution >= 0.6 is 0 Å². The van der Waals surface area contributed by atoms with Crippen molar-refractivity contribution >= 4 is 15.7 Å². The summed E-state index contributed by atoms with van der Waals surface area (Å²) in [4.78, 5) is 4.58. The lowest BCUT2D eigenvalue weighted by molar-refractivity contribution is 0.296. The zero-order valence-corrected chi connectivity index (χ0v) is 23.1. The lowest BCUT2D eigenvalue weighted by Crippen LogP contribution is -2.13. The molecule has 0 spiro atoms. The predicted molar refractivity (Wildman–Crippen MR) is 153 cm³/mol. The quantitative estimate of drug-likeness (QED) is 0.222. The molecule has 0 atom stereocenters. The summed E-state index contributed by atoms with van der Waals surface area (Å²) in [5.41, 5.74) is 2.84. The number of sulfonamides is 1. The van der Waals surface area contributed by atoms with Crippen LogP contribution in [0.4, 0.5) is 10.1 Å². The van der Waals surface area contributed by atoms with Crippen LogP contribution in [0.3, 0.4) is 0 Å². The first-order chi connectivity index (χ1) is 19.8. The number of benzene rings is 4. The summed E-state index contributed by atoms with van der Waals surface area (Å²) in [6.45, 7) is 0.364. The van der Waals surface area contributed by atoms with Crippen molar-refractivity contribution in [2.24, 2.45) is 0 Å². The Kier molecular flexibility index (Phi) is 8.16. The summed E-state index contributed by atoms with van der Waals surface area (Å²) in [6, 6.07) is 26.6. The van der Waals surface area contributed by atoms with Crippen LogP contribution in [-0.2, 0) is 16.4 Å². The zero-order valence-electron chi connectivity index (χ0n) is 22.3. The number of nitrogens with zero attached hydrogens (tertiary/aromatic N) is 3. The van der Waals surface area contributed by atoms with E-state index < -0.39 is 15.8 Å². The molecule has 210 valence electrons. The Labute approximate surface area is 237 Å². The number of halogens is 1. The molecule has 4 aromatic carbocycles. The molecule has 0 saturated heterocycles. The van der Waals surface area contributed by atoms with Gasteiger partial charge in [0.05, 0.1) is 31.4 Å². The summed E-state index contributed by atoms with van der Waals surface area (Å²) in [5, 5.41) is 4.58. The summed E-state index contributed by atoms with van der Waals surface area (Å²) in [5.74, 6) is 1.51. The van der Waals surface area contributed by atoms with Crippen LogP contribution in [0.25, 0.3) is 17.1 Å². The van der Waals surface area contributed by atoms with Gasteiger partial charge in [0.25, 0.3) is 10.0 Å². The van der Waals surface area contributed by atoms with E-state index in [0.29, 0.717) is 36.0 Å². The third kappa shape index (κ3) is 6.64. The maximum absolute atomic E-state index is 13.2. The minimum absolute atomic E-state index is 0.0440. The van der Waals surface area contributed by atoms with Crippen LogP contribution in [0.15, 0.2) is 102 Å². The highest BCUT2D eigenvalue weighted by Gasteiger charge is 2.17. The molecule has 5 rings (SSSR count).